The van der Waals surface area contributed by atoms with Crippen LogP contribution in [0.1, 0.15) is 27.2 Å². The topological polar surface area (TPSA) is 66.3 Å². The van der Waals surface area contributed by atoms with Crippen molar-refractivity contribution in [2.24, 2.45) is 0 Å². The molecule has 0 aliphatic carbocycles. The van der Waals surface area contributed by atoms with Gasteiger partial charge in [-0.3, -0.25) is 4.90 Å². The third-order valence-corrected chi connectivity index (χ3v) is 3.60. The van der Waals surface area contributed by atoms with Gasteiger partial charge in [-0.15, -0.1) is 0 Å². The molecule has 1 aromatic heterocycles. The van der Waals surface area contributed by atoms with Gasteiger partial charge in [-0.2, -0.15) is 0 Å². The molecule has 0 saturated heterocycles. The van der Waals surface area contributed by atoms with Crippen LogP contribution in [0.15, 0.2) is 36.8 Å². The van der Waals surface area contributed by atoms with Gasteiger partial charge in [0.2, 0.25) is 0 Å². The van der Waals surface area contributed by atoms with Gasteiger partial charge < -0.3 is 5.11 Å². The smallest absolute Gasteiger partial charge is 0.335 e. The van der Waals surface area contributed by atoms with Crippen molar-refractivity contribution in [3.05, 3.63) is 59.2 Å². The van der Waals surface area contributed by atoms with E-state index in [1.54, 1.807) is 18.6 Å². The fourth-order valence-corrected chi connectivity index (χ4v) is 2.64. The molecule has 0 unspecified atom stereocenters. The third kappa shape index (κ3) is 2.53. The summed E-state index contributed by atoms with van der Waals surface area (Å²) in [5, 5.41) is 9.21. The summed E-state index contributed by atoms with van der Waals surface area (Å²) in [7, 11) is 0. The Morgan fingerprint density at radius 1 is 1.35 bits per heavy atom. The normalized spacial score (nSPS) is 14.8. The number of benzene rings is 1. The van der Waals surface area contributed by atoms with E-state index >= 15 is 0 Å². The van der Waals surface area contributed by atoms with E-state index in [-0.39, 0.29) is 0 Å². The van der Waals surface area contributed by atoms with Gasteiger partial charge >= 0.3 is 5.97 Å². The Morgan fingerprint density at radius 3 is 3.00 bits per heavy atom. The summed E-state index contributed by atoms with van der Waals surface area (Å²) < 4.78 is 0. The second-order valence-electron chi connectivity index (χ2n) is 4.91. The summed E-state index contributed by atoms with van der Waals surface area (Å²) in [6.45, 7) is 2.38. The number of fused-ring (bicyclic) bond motifs is 1. The molecule has 5 nitrogen and oxygen atoms in total. The number of aromatic nitrogens is 2. The Kier molecular flexibility index (Phi) is 3.43. The predicted octanol–water partition coefficient (Wildman–Crippen LogP) is 1.73. The minimum absolute atomic E-state index is 0.434. The van der Waals surface area contributed by atoms with Crippen molar-refractivity contribution in [1.29, 1.82) is 0 Å². The second kappa shape index (κ2) is 5.38. The van der Waals surface area contributed by atoms with Gasteiger partial charge in [-0.1, -0.05) is 12.1 Å². The van der Waals surface area contributed by atoms with Crippen LogP contribution >= 0.6 is 0 Å². The van der Waals surface area contributed by atoms with E-state index in [1.807, 2.05) is 18.2 Å². The molecular formula is C15H15N3O2. The lowest BCUT2D eigenvalue weighted by atomic mass is 9.94. The minimum Gasteiger partial charge on any atom is -0.478 e. The molecule has 1 aliphatic heterocycles. The first kappa shape index (κ1) is 12.7. The first-order valence-corrected chi connectivity index (χ1v) is 6.55. The Morgan fingerprint density at radius 2 is 2.25 bits per heavy atom. The van der Waals surface area contributed by atoms with Crippen LogP contribution < -0.4 is 0 Å². The molecule has 20 heavy (non-hydrogen) atoms. The molecule has 1 aliphatic rings. The highest BCUT2D eigenvalue weighted by atomic mass is 16.4. The van der Waals surface area contributed by atoms with Crippen LogP contribution in [-0.2, 0) is 19.5 Å². The first-order valence-electron chi connectivity index (χ1n) is 6.55. The zero-order chi connectivity index (χ0) is 13.9. The van der Waals surface area contributed by atoms with Gasteiger partial charge in [0.25, 0.3) is 0 Å². The number of aromatic carboxylic acids is 1. The van der Waals surface area contributed by atoms with Gasteiger partial charge in [0.05, 0.1) is 11.3 Å². The molecule has 0 radical (unpaired) electrons. The largest absolute Gasteiger partial charge is 0.478 e. The van der Waals surface area contributed by atoms with Crippen LogP contribution in [0.4, 0.5) is 0 Å². The van der Waals surface area contributed by atoms with E-state index < -0.39 is 5.97 Å². The summed E-state index contributed by atoms with van der Waals surface area (Å²) in [6.07, 6.45) is 4.06. The van der Waals surface area contributed by atoms with E-state index in [4.69, 9.17) is 0 Å². The number of carboxylic acids is 1. The van der Waals surface area contributed by atoms with E-state index in [0.29, 0.717) is 5.56 Å². The van der Waals surface area contributed by atoms with E-state index in [0.717, 1.165) is 42.9 Å². The van der Waals surface area contributed by atoms with E-state index in [1.165, 1.54) is 0 Å². The van der Waals surface area contributed by atoms with Gasteiger partial charge in [-0.25, -0.2) is 14.8 Å². The maximum absolute atomic E-state index is 11.2. The molecule has 3 rings (SSSR count). The molecule has 0 amide bonds. The summed E-state index contributed by atoms with van der Waals surface area (Å²) in [5.41, 5.74) is 3.49. The highest BCUT2D eigenvalue weighted by Crippen LogP contribution is 2.23. The molecule has 1 aromatic carbocycles. The molecule has 2 aromatic rings. The van der Waals surface area contributed by atoms with Crippen LogP contribution in [0.3, 0.4) is 0 Å². The molecule has 0 fully saturated rings. The van der Waals surface area contributed by atoms with Crippen molar-refractivity contribution in [3.63, 3.8) is 0 Å². The number of hydrogen-bond donors (Lipinski definition) is 1. The Labute approximate surface area is 116 Å². The summed E-state index contributed by atoms with van der Waals surface area (Å²) in [6, 6.07) is 7.41. The summed E-state index contributed by atoms with van der Waals surface area (Å²) in [5.74, 6) is -0.842. The van der Waals surface area contributed by atoms with Crippen molar-refractivity contribution < 1.29 is 9.90 Å². The fraction of sp³-hybridized carbons (Fsp3) is 0.267. The predicted molar refractivity (Wildman–Crippen MR) is 73.3 cm³/mol. The van der Waals surface area contributed by atoms with Crippen LogP contribution in [0.2, 0.25) is 0 Å². The highest BCUT2D eigenvalue weighted by molar-refractivity contribution is 5.89. The summed E-state index contributed by atoms with van der Waals surface area (Å²) >= 11 is 0. The lowest BCUT2D eigenvalue weighted by Gasteiger charge is -2.29. The maximum Gasteiger partial charge on any atom is 0.335 e. The monoisotopic (exact) mass is 269 g/mol. The number of carbonyl (C=O) groups is 1. The van der Waals surface area contributed by atoms with Crippen LogP contribution in [0, 0.1) is 0 Å². The molecule has 2 heterocycles. The van der Waals surface area contributed by atoms with Crippen LogP contribution in [0.25, 0.3) is 0 Å². The zero-order valence-electron chi connectivity index (χ0n) is 11.0. The standard InChI is InChI=1S/C15H15N3O2/c19-15(20)14-3-1-2-11-8-18(7-5-13(11)14)9-12-4-6-16-10-17-12/h1-4,6,10H,5,7-9H2,(H,19,20). The van der Waals surface area contributed by atoms with Crippen LogP contribution in [-0.4, -0.2) is 32.5 Å². The summed E-state index contributed by atoms with van der Waals surface area (Å²) in [4.78, 5) is 21.6. The number of rotatable bonds is 3. The third-order valence-electron chi connectivity index (χ3n) is 3.60. The Hall–Kier alpha value is -2.27. The Balaban J connectivity index is 1.79. The van der Waals surface area contributed by atoms with Gasteiger partial charge in [0, 0.05) is 25.8 Å². The first-order chi connectivity index (χ1) is 9.74. The van der Waals surface area contributed by atoms with Crippen LogP contribution in [0.5, 0.6) is 0 Å². The van der Waals surface area contributed by atoms with Crippen molar-refractivity contribution >= 4 is 5.97 Å². The SMILES string of the molecule is O=C(O)c1cccc2c1CCN(Cc1ccncn1)C2. The second-order valence-corrected chi connectivity index (χ2v) is 4.91. The molecular weight excluding hydrogens is 254 g/mol. The highest BCUT2D eigenvalue weighted by Gasteiger charge is 2.21. The Bertz CT molecular complexity index is 628. The lowest BCUT2D eigenvalue weighted by molar-refractivity contribution is 0.0694. The maximum atomic E-state index is 11.2. The average molecular weight is 269 g/mol. The van der Waals surface area contributed by atoms with E-state index in [2.05, 4.69) is 14.9 Å². The lowest BCUT2D eigenvalue weighted by Crippen LogP contribution is -2.31. The van der Waals surface area contributed by atoms with E-state index in [9.17, 15) is 9.90 Å². The number of nitrogens with zero attached hydrogens (tertiary/aromatic N) is 3. The zero-order valence-corrected chi connectivity index (χ0v) is 11.0. The number of carboxylic acid groups (broad SMARTS) is 1. The van der Waals surface area contributed by atoms with Gasteiger partial charge in [0.15, 0.2) is 0 Å². The quantitative estimate of drug-likeness (QED) is 0.919. The molecule has 5 heteroatoms. The fourth-order valence-electron chi connectivity index (χ4n) is 2.64. The van der Waals surface area contributed by atoms with Gasteiger partial charge in [0.1, 0.15) is 6.33 Å². The molecule has 102 valence electrons. The van der Waals surface area contributed by atoms with Crippen molar-refractivity contribution in [3.8, 4) is 0 Å². The molecule has 1 N–H and O–H groups in total. The molecule has 0 bridgehead atoms. The molecule has 0 atom stereocenters. The van der Waals surface area contributed by atoms with Crippen molar-refractivity contribution in [2.45, 2.75) is 19.5 Å². The molecule has 0 spiro atoms. The average Bonchev–Trinajstić information content (AvgIpc) is 2.47. The van der Waals surface area contributed by atoms with Gasteiger partial charge in [-0.05, 0) is 29.7 Å². The van der Waals surface area contributed by atoms with Crippen molar-refractivity contribution in [2.75, 3.05) is 6.54 Å². The minimum atomic E-state index is -0.842. The van der Waals surface area contributed by atoms with Crippen molar-refractivity contribution in [1.82, 2.24) is 14.9 Å². The molecule has 0 saturated carbocycles. The number of hydrogen-bond acceptors (Lipinski definition) is 4.